The molecule has 3 heterocycles. The summed E-state index contributed by atoms with van der Waals surface area (Å²) in [7, 11) is -1.26. The van der Waals surface area contributed by atoms with Gasteiger partial charge in [-0.1, -0.05) is 18.2 Å². The van der Waals surface area contributed by atoms with E-state index in [4.69, 9.17) is 0 Å². The minimum Gasteiger partial charge on any atom is -0.340 e. The Kier molecular flexibility index (Phi) is 8.68. The molecule has 0 bridgehead atoms. The highest BCUT2D eigenvalue weighted by Crippen LogP contribution is 2.29. The molecule has 2 amide bonds. The summed E-state index contributed by atoms with van der Waals surface area (Å²) < 4.78 is 13.1. The van der Waals surface area contributed by atoms with E-state index in [1.165, 1.54) is 27.8 Å². The highest BCUT2D eigenvalue weighted by atomic mass is 32.2. The zero-order valence-corrected chi connectivity index (χ0v) is 22.2. The molecule has 2 unspecified atom stereocenters. The van der Waals surface area contributed by atoms with Gasteiger partial charge < -0.3 is 10.6 Å². The van der Waals surface area contributed by atoms with Crippen molar-refractivity contribution in [3.63, 3.8) is 0 Å². The number of thioether (sulfide) groups is 1. The fraction of sp³-hybridized carbons (Fsp3) is 0.200. The maximum absolute atomic E-state index is 13.1. The molecule has 0 saturated carbocycles. The first-order valence-corrected chi connectivity index (χ1v) is 14.8. The van der Waals surface area contributed by atoms with Crippen LogP contribution in [0.3, 0.4) is 0 Å². The van der Waals surface area contributed by atoms with Crippen molar-refractivity contribution < 1.29 is 13.8 Å². The quantitative estimate of drug-likeness (QED) is 0.311. The second-order valence-corrected chi connectivity index (χ2v) is 10.9. The zero-order valence-electron chi connectivity index (χ0n) is 19.7. The van der Waals surface area contributed by atoms with Crippen LogP contribution in [-0.4, -0.2) is 54.3 Å². The Morgan fingerprint density at radius 2 is 1.92 bits per heavy atom. The molecule has 0 radical (unpaired) electrons. The Balaban J connectivity index is 1.46. The number of aromatic nitrogens is 3. The number of carbonyl (C=O) groups excluding carboxylic acids is 2. The van der Waals surface area contributed by atoms with Crippen molar-refractivity contribution >= 4 is 51.0 Å². The summed E-state index contributed by atoms with van der Waals surface area (Å²) in [6, 6.07) is 12.8. The van der Waals surface area contributed by atoms with Crippen molar-refractivity contribution in [2.45, 2.75) is 12.5 Å². The van der Waals surface area contributed by atoms with Crippen LogP contribution in [0.1, 0.15) is 16.8 Å². The summed E-state index contributed by atoms with van der Waals surface area (Å²) in [5, 5.41) is 8.00. The predicted octanol–water partition coefficient (Wildman–Crippen LogP) is 4.31. The average Bonchev–Trinajstić information content (AvgIpc) is 3.57. The molecular formula is C25H25N5O3S3. The van der Waals surface area contributed by atoms with Gasteiger partial charge in [0.2, 0.25) is 5.91 Å². The Morgan fingerprint density at radius 3 is 2.64 bits per heavy atom. The number of thiazole rings is 1. The van der Waals surface area contributed by atoms with Crippen molar-refractivity contribution in [2.24, 2.45) is 0 Å². The third-order valence-corrected chi connectivity index (χ3v) is 7.59. The van der Waals surface area contributed by atoms with E-state index >= 15 is 0 Å². The first-order chi connectivity index (χ1) is 17.4. The first kappa shape index (κ1) is 25.8. The molecule has 186 valence electrons. The molecular weight excluding hydrogens is 515 g/mol. The molecule has 3 aromatic heterocycles. The molecule has 36 heavy (non-hydrogen) atoms. The molecule has 4 rings (SSSR count). The lowest BCUT2D eigenvalue weighted by Gasteiger charge is -2.17. The predicted molar refractivity (Wildman–Crippen MR) is 148 cm³/mol. The molecule has 0 fully saturated rings. The minimum absolute atomic E-state index is 0.331. The van der Waals surface area contributed by atoms with E-state index in [1.807, 2.05) is 48.0 Å². The van der Waals surface area contributed by atoms with Gasteiger partial charge in [0.05, 0.1) is 11.3 Å². The summed E-state index contributed by atoms with van der Waals surface area (Å²) in [5.74, 6) is -0.0287. The van der Waals surface area contributed by atoms with Crippen LogP contribution in [-0.2, 0) is 15.8 Å². The maximum Gasteiger partial charge on any atom is 0.253 e. The Hall–Kier alpha value is -3.28. The van der Waals surface area contributed by atoms with Gasteiger partial charge >= 0.3 is 0 Å². The molecule has 0 spiro atoms. The minimum atomic E-state index is -1.26. The number of rotatable bonds is 10. The van der Waals surface area contributed by atoms with Crippen LogP contribution in [0, 0.1) is 0 Å². The Bertz CT molecular complexity index is 1370. The number of amides is 2. The summed E-state index contributed by atoms with van der Waals surface area (Å²) in [5.41, 5.74) is 4.14. The molecule has 0 aliphatic heterocycles. The van der Waals surface area contributed by atoms with Crippen LogP contribution >= 0.6 is 23.1 Å². The second-order valence-electron chi connectivity index (χ2n) is 7.84. The third kappa shape index (κ3) is 6.48. The van der Waals surface area contributed by atoms with Gasteiger partial charge in [0.1, 0.15) is 17.0 Å². The zero-order chi connectivity index (χ0) is 25.5. The van der Waals surface area contributed by atoms with Gasteiger partial charge in [0, 0.05) is 42.0 Å². The number of pyridine rings is 1. The molecule has 0 saturated heterocycles. The lowest BCUT2D eigenvalue weighted by molar-refractivity contribution is -0.118. The standard InChI is InChI=1S/C25H25N5O3S3/c1-34-13-9-21(27-23(31)20-8-12-30(15-20)36(2)33)24(32)29-25-28-22(16-35-25)19-5-3-4-18(14-19)17-6-10-26-11-7-17/h3-8,10-12,14-16,21H,9,13H2,1-2H3,(H,27,31)(H,28,29,32). The maximum atomic E-state index is 13.1. The average molecular weight is 540 g/mol. The van der Waals surface area contributed by atoms with Gasteiger partial charge in [-0.3, -0.25) is 18.5 Å². The topological polar surface area (TPSA) is 106 Å². The molecule has 11 heteroatoms. The lowest BCUT2D eigenvalue weighted by Crippen LogP contribution is -2.44. The van der Waals surface area contributed by atoms with E-state index in [2.05, 4.69) is 20.6 Å². The number of hydrogen-bond acceptors (Lipinski definition) is 7. The van der Waals surface area contributed by atoms with E-state index in [0.29, 0.717) is 22.9 Å². The fourth-order valence-corrected chi connectivity index (χ4v) is 5.16. The van der Waals surface area contributed by atoms with Crippen molar-refractivity contribution in [3.05, 3.63) is 78.2 Å². The van der Waals surface area contributed by atoms with E-state index in [1.54, 1.807) is 36.4 Å². The van der Waals surface area contributed by atoms with Gasteiger partial charge in [-0.05, 0) is 53.8 Å². The number of carbonyl (C=O) groups is 2. The molecule has 8 nitrogen and oxygen atoms in total. The molecule has 0 aliphatic carbocycles. The van der Waals surface area contributed by atoms with Crippen LogP contribution in [0.25, 0.3) is 22.4 Å². The SMILES string of the molecule is CSCCC(NC(=O)c1ccn(S(C)=O)c1)C(=O)Nc1nc(-c2cccc(-c3ccncc3)c2)cs1. The van der Waals surface area contributed by atoms with E-state index in [0.717, 1.165) is 22.4 Å². The van der Waals surface area contributed by atoms with Crippen molar-refractivity contribution in [3.8, 4) is 22.4 Å². The highest BCUT2D eigenvalue weighted by molar-refractivity contribution is 7.98. The van der Waals surface area contributed by atoms with Crippen molar-refractivity contribution in [1.82, 2.24) is 19.3 Å². The van der Waals surface area contributed by atoms with Crippen molar-refractivity contribution in [1.29, 1.82) is 0 Å². The smallest absolute Gasteiger partial charge is 0.253 e. The summed E-state index contributed by atoms with van der Waals surface area (Å²) in [6.07, 6.45) is 10.5. The summed E-state index contributed by atoms with van der Waals surface area (Å²) in [6.45, 7) is 0. The van der Waals surface area contributed by atoms with Crippen LogP contribution in [0.15, 0.2) is 72.6 Å². The van der Waals surface area contributed by atoms with Crippen LogP contribution < -0.4 is 10.6 Å². The van der Waals surface area contributed by atoms with Crippen LogP contribution in [0.4, 0.5) is 5.13 Å². The number of nitrogens with zero attached hydrogens (tertiary/aromatic N) is 3. The number of anilines is 1. The second kappa shape index (κ2) is 12.1. The monoisotopic (exact) mass is 539 g/mol. The Morgan fingerprint density at radius 1 is 1.14 bits per heavy atom. The summed E-state index contributed by atoms with van der Waals surface area (Å²) in [4.78, 5) is 34.4. The largest absolute Gasteiger partial charge is 0.340 e. The van der Waals surface area contributed by atoms with Gasteiger partial charge in [0.15, 0.2) is 5.13 Å². The number of nitrogens with one attached hydrogen (secondary N) is 2. The number of benzene rings is 1. The fourth-order valence-electron chi connectivity index (χ4n) is 3.48. The van der Waals surface area contributed by atoms with Gasteiger partial charge in [-0.15, -0.1) is 11.3 Å². The number of hydrogen-bond donors (Lipinski definition) is 2. The van der Waals surface area contributed by atoms with E-state index < -0.39 is 22.9 Å². The van der Waals surface area contributed by atoms with Crippen LogP contribution in [0.5, 0.6) is 0 Å². The molecule has 4 aromatic rings. The van der Waals surface area contributed by atoms with E-state index in [9.17, 15) is 13.8 Å². The van der Waals surface area contributed by atoms with Gasteiger partial charge in [0.25, 0.3) is 5.91 Å². The van der Waals surface area contributed by atoms with Crippen molar-refractivity contribution in [2.75, 3.05) is 23.6 Å². The van der Waals surface area contributed by atoms with Gasteiger partial charge in [-0.2, -0.15) is 11.8 Å². The van der Waals surface area contributed by atoms with Crippen LogP contribution in [0.2, 0.25) is 0 Å². The Labute approximate surface area is 220 Å². The highest BCUT2D eigenvalue weighted by Gasteiger charge is 2.23. The summed E-state index contributed by atoms with van der Waals surface area (Å²) >= 11 is 2.92. The first-order valence-electron chi connectivity index (χ1n) is 11.0. The third-order valence-electron chi connectivity index (χ3n) is 5.37. The molecule has 2 N–H and O–H groups in total. The molecule has 2 atom stereocenters. The van der Waals surface area contributed by atoms with Gasteiger partial charge in [-0.25, -0.2) is 9.19 Å². The lowest BCUT2D eigenvalue weighted by atomic mass is 10.0. The molecule has 1 aromatic carbocycles. The van der Waals surface area contributed by atoms with E-state index in [-0.39, 0.29) is 5.91 Å². The normalized spacial score (nSPS) is 12.6. The molecule has 0 aliphatic rings.